The minimum Gasteiger partial charge on any atom is -0.466 e. The molecule has 0 aromatic heterocycles. The van der Waals surface area contributed by atoms with Crippen LogP contribution in [0.2, 0.25) is 18.1 Å². The van der Waals surface area contributed by atoms with E-state index in [2.05, 4.69) is 49.8 Å². The zero-order valence-corrected chi connectivity index (χ0v) is 15.7. The minimum atomic E-state index is -1.99. The summed E-state index contributed by atoms with van der Waals surface area (Å²) in [6.45, 7) is 10.8. The first-order valence-electron chi connectivity index (χ1n) is 6.85. The first kappa shape index (κ1) is 17.9. The Morgan fingerprint density at radius 3 is 2.35 bits per heavy atom. The van der Waals surface area contributed by atoms with Crippen LogP contribution < -0.4 is 0 Å². The fourth-order valence-electron chi connectivity index (χ4n) is 1.90. The van der Waals surface area contributed by atoms with Crippen LogP contribution in [0.1, 0.15) is 33.6 Å². The molecule has 0 bridgehead atoms. The van der Waals surface area contributed by atoms with Crippen molar-refractivity contribution in [3.63, 3.8) is 0 Å². The van der Waals surface area contributed by atoms with Crippen LogP contribution in [0.5, 0.6) is 0 Å². The highest BCUT2D eigenvalue weighted by molar-refractivity contribution is 9.11. The maximum Gasteiger partial charge on any atom is 0.337 e. The van der Waals surface area contributed by atoms with E-state index in [4.69, 9.17) is 9.16 Å². The van der Waals surface area contributed by atoms with Gasteiger partial charge >= 0.3 is 5.97 Å². The highest BCUT2D eigenvalue weighted by Gasteiger charge is 2.42. The Labute approximate surface area is 130 Å². The summed E-state index contributed by atoms with van der Waals surface area (Å²) >= 11 is 3.32. The second kappa shape index (κ2) is 6.30. The number of carbonyl (C=O) groups is 1. The largest absolute Gasteiger partial charge is 0.466 e. The van der Waals surface area contributed by atoms with Crippen molar-refractivity contribution in [1.82, 2.24) is 0 Å². The van der Waals surface area contributed by atoms with Crippen molar-refractivity contribution >= 4 is 30.2 Å². The van der Waals surface area contributed by atoms with Crippen molar-refractivity contribution in [2.45, 2.75) is 64.0 Å². The fraction of sp³-hybridized carbons (Fsp3) is 0.786. The van der Waals surface area contributed by atoms with Gasteiger partial charge in [-0.05, 0) is 31.0 Å². The van der Waals surface area contributed by atoms with Crippen LogP contribution >= 0.6 is 15.9 Å². The maximum atomic E-state index is 12.0. The number of esters is 1. The molecule has 1 N–H and O–H groups in total. The van der Waals surface area contributed by atoms with Crippen molar-refractivity contribution in [2.24, 2.45) is 0 Å². The Bertz CT molecular complexity index is 412. The van der Waals surface area contributed by atoms with Crippen molar-refractivity contribution < 1.29 is 19.1 Å². The molecule has 2 unspecified atom stereocenters. The topological polar surface area (TPSA) is 55.8 Å². The summed E-state index contributed by atoms with van der Waals surface area (Å²) in [6.07, 6.45) is 0.262. The average molecular weight is 365 g/mol. The summed E-state index contributed by atoms with van der Waals surface area (Å²) in [5, 5.41) is 9.98. The van der Waals surface area contributed by atoms with Gasteiger partial charge in [-0.15, -0.1) is 0 Å². The molecule has 1 aliphatic carbocycles. The monoisotopic (exact) mass is 364 g/mol. The van der Waals surface area contributed by atoms with Crippen molar-refractivity contribution in [3.8, 4) is 0 Å². The normalized spacial score (nSPS) is 24.8. The third-order valence-corrected chi connectivity index (χ3v) is 9.66. The van der Waals surface area contributed by atoms with Crippen LogP contribution in [0.3, 0.4) is 0 Å². The van der Waals surface area contributed by atoms with Gasteiger partial charge in [0.2, 0.25) is 0 Å². The van der Waals surface area contributed by atoms with Crippen LogP contribution in [0.4, 0.5) is 0 Å². The smallest absolute Gasteiger partial charge is 0.337 e. The Morgan fingerprint density at radius 2 is 1.90 bits per heavy atom. The van der Waals surface area contributed by atoms with E-state index >= 15 is 0 Å². The highest BCUT2D eigenvalue weighted by atomic mass is 79.9. The van der Waals surface area contributed by atoms with Crippen LogP contribution in [0, 0.1) is 0 Å². The van der Waals surface area contributed by atoms with Crippen LogP contribution in [0.15, 0.2) is 10.1 Å². The molecule has 1 rings (SSSR count). The molecule has 0 saturated heterocycles. The van der Waals surface area contributed by atoms with Crippen molar-refractivity contribution in [3.05, 3.63) is 10.1 Å². The van der Waals surface area contributed by atoms with Gasteiger partial charge in [0.25, 0.3) is 0 Å². The number of rotatable bonds is 3. The molecule has 0 radical (unpaired) electrons. The molecule has 20 heavy (non-hydrogen) atoms. The highest BCUT2D eigenvalue weighted by Crippen LogP contribution is 2.41. The molecule has 0 spiro atoms. The van der Waals surface area contributed by atoms with Crippen molar-refractivity contribution in [2.75, 3.05) is 7.11 Å². The molecular formula is C14H25BrO4Si. The van der Waals surface area contributed by atoms with E-state index in [0.717, 1.165) is 0 Å². The number of halogens is 1. The standard InChI is InChI=1S/C14H25BrO4Si/c1-14(2,3)20(5,6)19-10-8-7-9(16)12(15)11(10)13(17)18-4/h9-10,16H,7-8H2,1-6H3. The molecule has 2 atom stereocenters. The lowest BCUT2D eigenvalue weighted by atomic mass is 9.94. The van der Waals surface area contributed by atoms with E-state index in [0.29, 0.717) is 22.9 Å². The molecule has 116 valence electrons. The molecule has 0 aromatic carbocycles. The summed E-state index contributed by atoms with van der Waals surface area (Å²) in [6, 6.07) is 0. The SMILES string of the molecule is COC(=O)C1=C(Br)C(O)CCC1O[Si](C)(C)C(C)(C)C. The number of aliphatic hydroxyl groups excluding tert-OH is 1. The fourth-order valence-corrected chi connectivity index (χ4v) is 3.85. The van der Waals surface area contributed by atoms with Crippen LogP contribution in [-0.4, -0.2) is 38.7 Å². The summed E-state index contributed by atoms with van der Waals surface area (Å²) < 4.78 is 11.7. The zero-order chi connectivity index (χ0) is 15.7. The lowest BCUT2D eigenvalue weighted by Crippen LogP contribution is -2.46. The third kappa shape index (κ3) is 3.72. The van der Waals surface area contributed by atoms with Gasteiger partial charge in [0.05, 0.1) is 24.9 Å². The van der Waals surface area contributed by atoms with Gasteiger partial charge in [0.15, 0.2) is 8.32 Å². The van der Waals surface area contributed by atoms with E-state index in [1.807, 2.05) is 0 Å². The predicted octanol–water partition coefficient (Wildman–Crippen LogP) is 3.35. The molecule has 0 fully saturated rings. The third-order valence-electron chi connectivity index (χ3n) is 4.22. The zero-order valence-electron chi connectivity index (χ0n) is 13.1. The Balaban J connectivity index is 3.08. The Kier molecular flexibility index (Phi) is 5.63. The Morgan fingerprint density at radius 1 is 1.35 bits per heavy atom. The van der Waals surface area contributed by atoms with E-state index in [-0.39, 0.29) is 11.1 Å². The second-order valence-electron chi connectivity index (χ2n) is 6.71. The molecule has 4 nitrogen and oxygen atoms in total. The van der Waals surface area contributed by atoms with Gasteiger partial charge in [-0.3, -0.25) is 0 Å². The molecule has 0 heterocycles. The Hall–Kier alpha value is -0.173. The second-order valence-corrected chi connectivity index (χ2v) is 12.3. The average Bonchev–Trinajstić information content (AvgIpc) is 2.31. The van der Waals surface area contributed by atoms with E-state index < -0.39 is 20.4 Å². The lowest BCUT2D eigenvalue weighted by molar-refractivity contribution is -0.137. The van der Waals surface area contributed by atoms with Crippen LogP contribution in [0.25, 0.3) is 0 Å². The maximum absolute atomic E-state index is 12.0. The lowest BCUT2D eigenvalue weighted by Gasteiger charge is -2.41. The number of ether oxygens (including phenoxy) is 1. The quantitative estimate of drug-likeness (QED) is 0.616. The molecular weight excluding hydrogens is 340 g/mol. The van der Waals surface area contributed by atoms with Gasteiger partial charge in [-0.1, -0.05) is 36.7 Å². The van der Waals surface area contributed by atoms with E-state index in [1.165, 1.54) is 7.11 Å². The number of hydrogen-bond donors (Lipinski definition) is 1. The molecule has 0 amide bonds. The van der Waals surface area contributed by atoms with Gasteiger partial charge in [0.1, 0.15) is 0 Å². The summed E-state index contributed by atoms with van der Waals surface area (Å²) in [4.78, 5) is 12.0. The van der Waals surface area contributed by atoms with Crippen molar-refractivity contribution in [1.29, 1.82) is 0 Å². The predicted molar refractivity (Wildman–Crippen MR) is 85.3 cm³/mol. The summed E-state index contributed by atoms with van der Waals surface area (Å²) in [5.41, 5.74) is 0.427. The molecule has 0 aromatic rings. The first-order chi connectivity index (χ1) is 9.01. The number of aliphatic hydroxyl groups is 1. The van der Waals surface area contributed by atoms with E-state index in [1.54, 1.807) is 0 Å². The molecule has 6 heteroatoms. The van der Waals surface area contributed by atoms with Gasteiger partial charge in [-0.25, -0.2) is 4.79 Å². The number of hydrogen-bond acceptors (Lipinski definition) is 4. The van der Waals surface area contributed by atoms with E-state index in [9.17, 15) is 9.90 Å². The first-order valence-corrected chi connectivity index (χ1v) is 10.5. The number of carbonyl (C=O) groups excluding carboxylic acids is 1. The minimum absolute atomic E-state index is 0.0662. The number of methoxy groups -OCH3 is 1. The molecule has 0 aliphatic heterocycles. The molecule has 0 saturated carbocycles. The van der Waals surface area contributed by atoms with Gasteiger partial charge in [-0.2, -0.15) is 0 Å². The summed E-state index contributed by atoms with van der Waals surface area (Å²) in [5.74, 6) is -0.431. The van der Waals surface area contributed by atoms with Crippen LogP contribution in [-0.2, 0) is 14.0 Å². The molecule has 1 aliphatic rings. The van der Waals surface area contributed by atoms with Gasteiger partial charge in [0, 0.05) is 4.48 Å². The summed E-state index contributed by atoms with van der Waals surface area (Å²) in [7, 11) is -0.642. The van der Waals surface area contributed by atoms with Gasteiger partial charge < -0.3 is 14.3 Å².